The van der Waals surface area contributed by atoms with E-state index in [-0.39, 0.29) is 28.2 Å². The van der Waals surface area contributed by atoms with Gasteiger partial charge < -0.3 is 5.73 Å². The van der Waals surface area contributed by atoms with E-state index in [0.29, 0.717) is 16.3 Å². The fraction of sp³-hybridized carbons (Fsp3) is 0.211. The number of carbonyl (C=O) groups excluding carboxylic acids is 1. The predicted octanol–water partition coefficient (Wildman–Crippen LogP) is 3.22. The van der Waals surface area contributed by atoms with Gasteiger partial charge in [0.1, 0.15) is 0 Å². The van der Waals surface area contributed by atoms with E-state index in [1.54, 1.807) is 0 Å². The van der Waals surface area contributed by atoms with Crippen LogP contribution in [0, 0.1) is 0 Å². The van der Waals surface area contributed by atoms with E-state index >= 15 is 0 Å². The van der Waals surface area contributed by atoms with Crippen molar-refractivity contribution in [2.45, 2.75) is 16.2 Å². The van der Waals surface area contributed by atoms with Gasteiger partial charge in [0.05, 0.1) is 22.7 Å². The average Bonchev–Trinajstić information content (AvgIpc) is 3.16. The number of aromatic nitrogens is 3. The van der Waals surface area contributed by atoms with Crippen LogP contribution >= 0.6 is 11.8 Å². The van der Waals surface area contributed by atoms with E-state index < -0.39 is 27.6 Å². The lowest BCUT2D eigenvalue weighted by Crippen LogP contribution is -2.34. The minimum atomic E-state index is -4.49. The summed E-state index contributed by atoms with van der Waals surface area (Å²) in [5.41, 5.74) is 4.90. The second kappa shape index (κ2) is 9.41. The van der Waals surface area contributed by atoms with Crippen molar-refractivity contribution in [1.82, 2.24) is 19.8 Å². The molecule has 2 aromatic carbocycles. The van der Waals surface area contributed by atoms with Gasteiger partial charge in [0.25, 0.3) is 0 Å². The van der Waals surface area contributed by atoms with Crippen LogP contribution in [-0.4, -0.2) is 58.0 Å². The Morgan fingerprint density at radius 3 is 2.27 bits per heavy atom. The molecular weight excluding hydrogens is 483 g/mol. The lowest BCUT2D eigenvalue weighted by atomic mass is 10.1. The van der Waals surface area contributed by atoms with Crippen molar-refractivity contribution in [2.75, 3.05) is 18.6 Å². The standard InChI is InChI=1S/C19H18F3N5O4S2/c1-33(30,31)15-8-6-14(7-9-15)27-16(12-2-4-13(5-3-12)19(20,21)22)24-18(25-27)32-11-10-26(29)17(23)28/h2-9,29H,10-11H2,1H3,(H2,23,28). The van der Waals surface area contributed by atoms with Gasteiger partial charge in [-0.1, -0.05) is 23.9 Å². The Hall–Kier alpha value is -3.10. The number of nitrogens with two attached hydrogens (primary N) is 1. The number of amides is 2. The second-order valence-corrected chi connectivity index (χ2v) is 9.86. The van der Waals surface area contributed by atoms with Crippen molar-refractivity contribution in [1.29, 1.82) is 0 Å². The number of thioether (sulfide) groups is 1. The molecule has 0 aliphatic rings. The molecule has 176 valence electrons. The summed E-state index contributed by atoms with van der Waals surface area (Å²) in [6, 6.07) is 9.08. The van der Waals surface area contributed by atoms with Crippen molar-refractivity contribution < 1.29 is 31.6 Å². The average molecular weight is 502 g/mol. The Kier molecular flexibility index (Phi) is 7.00. The first-order valence-corrected chi connectivity index (χ1v) is 12.1. The van der Waals surface area contributed by atoms with Crippen LogP contribution in [0.1, 0.15) is 5.56 Å². The summed E-state index contributed by atoms with van der Waals surface area (Å²) >= 11 is 1.08. The van der Waals surface area contributed by atoms with Crippen LogP contribution in [0.15, 0.2) is 58.6 Å². The van der Waals surface area contributed by atoms with Gasteiger partial charge in [0.15, 0.2) is 15.7 Å². The van der Waals surface area contributed by atoms with Crippen molar-refractivity contribution in [3.05, 3.63) is 54.1 Å². The van der Waals surface area contributed by atoms with Crippen LogP contribution in [0.2, 0.25) is 0 Å². The third kappa shape index (κ3) is 6.03. The number of halogens is 3. The highest BCUT2D eigenvalue weighted by molar-refractivity contribution is 7.99. The molecule has 0 aliphatic heterocycles. The fourth-order valence-corrected chi connectivity index (χ4v) is 4.07. The first kappa shape index (κ1) is 24.5. The molecule has 0 aliphatic carbocycles. The summed E-state index contributed by atoms with van der Waals surface area (Å²) in [5.74, 6) is 0.400. The number of hydrogen-bond donors (Lipinski definition) is 2. The minimum absolute atomic E-state index is 0.0894. The molecule has 1 aromatic heterocycles. The maximum absolute atomic E-state index is 12.9. The Morgan fingerprint density at radius 1 is 1.15 bits per heavy atom. The number of urea groups is 1. The summed E-state index contributed by atoms with van der Waals surface area (Å²) in [6.45, 7) is -0.104. The normalized spacial score (nSPS) is 12.0. The number of nitrogens with zero attached hydrogens (tertiary/aromatic N) is 4. The maximum atomic E-state index is 12.9. The molecule has 33 heavy (non-hydrogen) atoms. The second-order valence-electron chi connectivity index (χ2n) is 6.78. The molecule has 0 radical (unpaired) electrons. The molecule has 14 heteroatoms. The first-order chi connectivity index (χ1) is 15.4. The molecule has 0 bridgehead atoms. The van der Waals surface area contributed by atoms with Crippen LogP contribution in [0.4, 0.5) is 18.0 Å². The molecule has 0 saturated heterocycles. The Balaban J connectivity index is 1.97. The summed E-state index contributed by atoms with van der Waals surface area (Å²) in [4.78, 5) is 15.3. The zero-order valence-electron chi connectivity index (χ0n) is 17.0. The lowest BCUT2D eigenvalue weighted by Gasteiger charge is -2.09. The van der Waals surface area contributed by atoms with E-state index in [4.69, 9.17) is 5.73 Å². The van der Waals surface area contributed by atoms with E-state index in [1.165, 1.54) is 41.1 Å². The molecule has 0 fully saturated rings. The number of benzene rings is 2. The minimum Gasteiger partial charge on any atom is -0.350 e. The van der Waals surface area contributed by atoms with Gasteiger partial charge in [-0.15, -0.1) is 5.10 Å². The van der Waals surface area contributed by atoms with Crippen LogP contribution in [0.5, 0.6) is 0 Å². The van der Waals surface area contributed by atoms with E-state index in [1.807, 2.05) is 0 Å². The third-order valence-corrected chi connectivity index (χ3v) is 6.30. The SMILES string of the molecule is CS(=O)(=O)c1ccc(-n2nc(SCCN(O)C(N)=O)nc2-c2ccc(C(F)(F)F)cc2)cc1. The summed E-state index contributed by atoms with van der Waals surface area (Å²) in [6.07, 6.45) is -3.43. The molecule has 9 nitrogen and oxygen atoms in total. The highest BCUT2D eigenvalue weighted by atomic mass is 32.2. The van der Waals surface area contributed by atoms with Crippen molar-refractivity contribution in [3.63, 3.8) is 0 Å². The zero-order chi connectivity index (χ0) is 24.4. The molecule has 0 saturated carbocycles. The fourth-order valence-electron chi connectivity index (χ4n) is 2.70. The molecule has 1 heterocycles. The number of hydrogen-bond acceptors (Lipinski definition) is 7. The molecule has 0 spiro atoms. The van der Waals surface area contributed by atoms with Crippen LogP contribution in [0.25, 0.3) is 17.1 Å². The van der Waals surface area contributed by atoms with Crippen molar-refractivity contribution >= 4 is 27.6 Å². The van der Waals surface area contributed by atoms with Crippen LogP contribution in [-0.2, 0) is 16.0 Å². The lowest BCUT2D eigenvalue weighted by molar-refractivity contribution is -0.137. The summed E-state index contributed by atoms with van der Waals surface area (Å²) < 4.78 is 63.6. The van der Waals surface area contributed by atoms with Gasteiger partial charge in [-0.25, -0.2) is 27.9 Å². The number of alkyl halides is 3. The molecule has 2 amide bonds. The zero-order valence-corrected chi connectivity index (χ0v) is 18.7. The summed E-state index contributed by atoms with van der Waals surface area (Å²) in [5, 5.41) is 14.2. The quantitative estimate of drug-likeness (QED) is 0.289. The summed E-state index contributed by atoms with van der Waals surface area (Å²) in [7, 11) is -3.43. The van der Waals surface area contributed by atoms with Gasteiger partial charge in [-0.3, -0.25) is 5.21 Å². The van der Waals surface area contributed by atoms with Crippen molar-refractivity contribution in [2.24, 2.45) is 5.73 Å². The highest BCUT2D eigenvalue weighted by Gasteiger charge is 2.30. The van der Waals surface area contributed by atoms with Crippen LogP contribution in [0.3, 0.4) is 0 Å². The predicted molar refractivity (Wildman–Crippen MR) is 114 cm³/mol. The van der Waals surface area contributed by atoms with Gasteiger partial charge in [0.2, 0.25) is 5.16 Å². The number of rotatable bonds is 7. The van der Waals surface area contributed by atoms with Gasteiger partial charge in [0, 0.05) is 17.6 Å². The number of hydroxylamine groups is 2. The van der Waals surface area contributed by atoms with E-state index in [0.717, 1.165) is 30.2 Å². The topological polar surface area (TPSA) is 131 Å². The molecule has 3 rings (SSSR count). The maximum Gasteiger partial charge on any atom is 0.416 e. The molecule has 3 aromatic rings. The number of sulfone groups is 1. The van der Waals surface area contributed by atoms with Gasteiger partial charge in [-0.05, 0) is 36.4 Å². The monoisotopic (exact) mass is 501 g/mol. The Bertz CT molecular complexity index is 1240. The van der Waals surface area contributed by atoms with E-state index in [9.17, 15) is 31.6 Å². The van der Waals surface area contributed by atoms with E-state index in [2.05, 4.69) is 10.1 Å². The molecule has 0 unspecified atom stereocenters. The molecule has 3 N–H and O–H groups in total. The number of primary amides is 1. The number of carbonyl (C=O) groups is 1. The highest BCUT2D eigenvalue weighted by Crippen LogP contribution is 2.32. The Labute approximate surface area is 190 Å². The first-order valence-electron chi connectivity index (χ1n) is 9.20. The van der Waals surface area contributed by atoms with Crippen molar-refractivity contribution in [3.8, 4) is 17.1 Å². The molecular formula is C19H18F3N5O4S2. The Morgan fingerprint density at radius 2 is 1.76 bits per heavy atom. The smallest absolute Gasteiger partial charge is 0.350 e. The largest absolute Gasteiger partial charge is 0.416 e. The van der Waals surface area contributed by atoms with Crippen LogP contribution < -0.4 is 5.73 Å². The van der Waals surface area contributed by atoms with Gasteiger partial charge >= 0.3 is 12.2 Å². The van der Waals surface area contributed by atoms with Gasteiger partial charge in [-0.2, -0.15) is 13.2 Å². The molecule has 0 atom stereocenters. The third-order valence-electron chi connectivity index (χ3n) is 4.36.